The predicted molar refractivity (Wildman–Crippen MR) is 89.2 cm³/mol. The fraction of sp³-hybridized carbons (Fsp3) is 0.438. The van der Waals surface area contributed by atoms with Gasteiger partial charge in [0.15, 0.2) is 11.6 Å². The average molecular weight is 340 g/mol. The first-order chi connectivity index (χ1) is 12.2. The van der Waals surface area contributed by atoms with Crippen molar-refractivity contribution in [2.45, 2.75) is 31.7 Å². The van der Waals surface area contributed by atoms with Crippen LogP contribution in [-0.4, -0.2) is 47.3 Å². The summed E-state index contributed by atoms with van der Waals surface area (Å²) in [4.78, 5) is 16.4. The van der Waals surface area contributed by atoms with Gasteiger partial charge in [-0.3, -0.25) is 14.2 Å². The fourth-order valence-electron chi connectivity index (χ4n) is 3.27. The Kier molecular flexibility index (Phi) is 3.83. The second-order valence-electron chi connectivity index (χ2n) is 6.20. The number of carbonyl (C=O) groups excluding carboxylic acids is 1. The Morgan fingerprint density at radius 2 is 2.16 bits per heavy atom. The molecule has 0 aromatic carbocycles. The Labute approximate surface area is 144 Å². The largest absolute Gasteiger partial charge is 0.359 e. The summed E-state index contributed by atoms with van der Waals surface area (Å²) in [7, 11) is 3.48. The van der Waals surface area contributed by atoms with E-state index in [9.17, 15) is 4.79 Å². The minimum Gasteiger partial charge on any atom is -0.359 e. The quantitative estimate of drug-likeness (QED) is 0.733. The number of likely N-dealkylation sites (N-methyl/N-ethyl adjacent to an activating group) is 1. The van der Waals surface area contributed by atoms with Gasteiger partial charge in [-0.2, -0.15) is 14.9 Å². The lowest BCUT2D eigenvalue weighted by Gasteiger charge is -2.22. The first kappa shape index (κ1) is 15.6. The van der Waals surface area contributed by atoms with Gasteiger partial charge in [0, 0.05) is 44.5 Å². The lowest BCUT2D eigenvalue weighted by molar-refractivity contribution is -0.120. The summed E-state index contributed by atoms with van der Waals surface area (Å²) in [5, 5.41) is 15.8. The van der Waals surface area contributed by atoms with Crippen LogP contribution in [0.1, 0.15) is 29.7 Å². The Morgan fingerprint density at radius 1 is 1.32 bits per heavy atom. The number of hydrogen-bond acceptors (Lipinski definition) is 5. The third-order valence-electron chi connectivity index (χ3n) is 4.60. The topological polar surface area (TPSA) is 95.5 Å². The first-order valence-electron chi connectivity index (χ1n) is 8.31. The molecule has 0 saturated carbocycles. The molecule has 1 N–H and O–H groups in total. The highest BCUT2D eigenvalue weighted by atomic mass is 16.1. The molecule has 1 atom stereocenters. The second kappa shape index (κ2) is 6.15. The summed E-state index contributed by atoms with van der Waals surface area (Å²) in [6.07, 6.45) is 5.52. The molecular formula is C16H20N8O. The van der Waals surface area contributed by atoms with Crippen LogP contribution in [-0.2, 0) is 31.2 Å². The summed E-state index contributed by atoms with van der Waals surface area (Å²) in [6, 6.07) is 3.94. The molecule has 130 valence electrons. The number of fused-ring (bicyclic) bond motifs is 1. The highest BCUT2D eigenvalue weighted by molar-refractivity contribution is 5.77. The van der Waals surface area contributed by atoms with E-state index in [0.717, 1.165) is 31.0 Å². The molecule has 1 aliphatic rings. The Balaban J connectivity index is 1.72. The van der Waals surface area contributed by atoms with Gasteiger partial charge in [0.25, 0.3) is 0 Å². The van der Waals surface area contributed by atoms with Crippen LogP contribution in [0.15, 0.2) is 24.5 Å². The van der Waals surface area contributed by atoms with Crippen LogP contribution in [0.25, 0.3) is 5.82 Å². The maximum atomic E-state index is 11.7. The lowest BCUT2D eigenvalue weighted by atomic mass is 9.95. The molecule has 25 heavy (non-hydrogen) atoms. The molecule has 1 amide bonds. The van der Waals surface area contributed by atoms with E-state index in [0.29, 0.717) is 5.82 Å². The van der Waals surface area contributed by atoms with Gasteiger partial charge in [-0.15, -0.1) is 5.10 Å². The number of aryl methyl sites for hydroxylation is 2. The number of hydrogen-bond donors (Lipinski definition) is 1. The zero-order chi connectivity index (χ0) is 17.4. The van der Waals surface area contributed by atoms with Gasteiger partial charge in [0.1, 0.15) is 5.82 Å². The standard InChI is InChI=1S/C16H20N8O/c1-17-14(25)10-13-20-16(24(21-13)15-4-7-18-22(15)2)11-5-8-23-12(9-11)3-6-19-23/h3-4,6-7,11H,5,8-10H2,1-2H3,(H,17,25). The highest BCUT2D eigenvalue weighted by Gasteiger charge is 2.27. The molecule has 3 aromatic heterocycles. The molecule has 0 bridgehead atoms. The molecule has 4 heterocycles. The summed E-state index contributed by atoms with van der Waals surface area (Å²) in [6.45, 7) is 0.857. The molecule has 0 spiro atoms. The number of rotatable bonds is 4. The van der Waals surface area contributed by atoms with E-state index >= 15 is 0 Å². The third-order valence-corrected chi connectivity index (χ3v) is 4.60. The number of aromatic nitrogens is 7. The first-order valence-corrected chi connectivity index (χ1v) is 8.31. The summed E-state index contributed by atoms with van der Waals surface area (Å²) >= 11 is 0. The van der Waals surface area contributed by atoms with E-state index in [1.54, 1.807) is 17.9 Å². The van der Waals surface area contributed by atoms with E-state index in [1.807, 2.05) is 34.7 Å². The maximum Gasteiger partial charge on any atom is 0.227 e. The van der Waals surface area contributed by atoms with Crippen molar-refractivity contribution in [2.24, 2.45) is 7.05 Å². The zero-order valence-corrected chi connectivity index (χ0v) is 14.3. The van der Waals surface area contributed by atoms with Crippen LogP contribution in [0.5, 0.6) is 0 Å². The summed E-state index contributed by atoms with van der Waals surface area (Å²) in [5.41, 5.74) is 1.20. The average Bonchev–Trinajstić information content (AvgIpc) is 3.32. The van der Waals surface area contributed by atoms with Crippen molar-refractivity contribution < 1.29 is 4.79 Å². The van der Waals surface area contributed by atoms with Crippen molar-refractivity contribution in [3.05, 3.63) is 41.9 Å². The van der Waals surface area contributed by atoms with Gasteiger partial charge in [-0.1, -0.05) is 0 Å². The fourth-order valence-corrected chi connectivity index (χ4v) is 3.27. The van der Waals surface area contributed by atoms with Crippen LogP contribution in [0.4, 0.5) is 0 Å². The van der Waals surface area contributed by atoms with Crippen molar-refractivity contribution in [1.29, 1.82) is 0 Å². The van der Waals surface area contributed by atoms with Gasteiger partial charge in [-0.05, 0) is 18.9 Å². The van der Waals surface area contributed by atoms with Crippen molar-refractivity contribution in [1.82, 2.24) is 39.6 Å². The molecule has 9 heteroatoms. The van der Waals surface area contributed by atoms with Gasteiger partial charge in [0.05, 0.1) is 12.6 Å². The van der Waals surface area contributed by atoms with Gasteiger partial charge < -0.3 is 5.32 Å². The minimum atomic E-state index is -0.101. The second-order valence-corrected chi connectivity index (χ2v) is 6.20. The molecule has 4 rings (SSSR count). The Morgan fingerprint density at radius 3 is 2.92 bits per heavy atom. The van der Waals surface area contributed by atoms with Crippen LogP contribution < -0.4 is 5.32 Å². The predicted octanol–water partition coefficient (Wildman–Crippen LogP) is 0.216. The lowest BCUT2D eigenvalue weighted by Crippen LogP contribution is -2.22. The molecule has 9 nitrogen and oxygen atoms in total. The van der Waals surface area contributed by atoms with E-state index < -0.39 is 0 Å². The molecule has 1 unspecified atom stereocenters. The number of nitrogens with one attached hydrogen (secondary N) is 1. The molecule has 0 aliphatic carbocycles. The molecule has 0 radical (unpaired) electrons. The molecule has 0 fully saturated rings. The van der Waals surface area contributed by atoms with Gasteiger partial charge in [0.2, 0.25) is 5.91 Å². The monoisotopic (exact) mass is 340 g/mol. The van der Waals surface area contributed by atoms with Gasteiger partial charge in [-0.25, -0.2) is 4.98 Å². The number of carbonyl (C=O) groups is 1. The Bertz CT molecular complexity index is 905. The Hall–Kier alpha value is -2.97. The summed E-state index contributed by atoms with van der Waals surface area (Å²) < 4.78 is 5.61. The normalized spacial score (nSPS) is 16.6. The molecule has 1 aliphatic heterocycles. The van der Waals surface area contributed by atoms with Crippen molar-refractivity contribution in [3.8, 4) is 5.82 Å². The van der Waals surface area contributed by atoms with Gasteiger partial charge >= 0.3 is 0 Å². The van der Waals surface area contributed by atoms with Crippen LogP contribution in [0.2, 0.25) is 0 Å². The SMILES string of the molecule is CNC(=O)Cc1nc(C2CCn3nccc3C2)n(-c2ccnn2C)n1. The van der Waals surface area contributed by atoms with E-state index in [1.165, 1.54) is 5.69 Å². The van der Waals surface area contributed by atoms with Crippen molar-refractivity contribution >= 4 is 5.91 Å². The molecule has 3 aromatic rings. The van der Waals surface area contributed by atoms with Crippen LogP contribution >= 0.6 is 0 Å². The highest BCUT2D eigenvalue weighted by Crippen LogP contribution is 2.29. The number of nitrogens with zero attached hydrogens (tertiary/aromatic N) is 7. The van der Waals surface area contributed by atoms with Crippen LogP contribution in [0.3, 0.4) is 0 Å². The molecule has 0 saturated heterocycles. The minimum absolute atomic E-state index is 0.101. The molecular weight excluding hydrogens is 320 g/mol. The maximum absolute atomic E-state index is 11.7. The van der Waals surface area contributed by atoms with Crippen LogP contribution in [0, 0.1) is 0 Å². The zero-order valence-electron chi connectivity index (χ0n) is 14.3. The smallest absolute Gasteiger partial charge is 0.227 e. The van der Waals surface area contributed by atoms with E-state index in [-0.39, 0.29) is 18.2 Å². The summed E-state index contributed by atoms with van der Waals surface area (Å²) in [5.74, 6) is 2.36. The van der Waals surface area contributed by atoms with Crippen molar-refractivity contribution in [3.63, 3.8) is 0 Å². The third kappa shape index (κ3) is 2.81. The van der Waals surface area contributed by atoms with E-state index in [4.69, 9.17) is 4.98 Å². The van der Waals surface area contributed by atoms with E-state index in [2.05, 4.69) is 20.6 Å². The number of amides is 1. The van der Waals surface area contributed by atoms with Crippen molar-refractivity contribution in [2.75, 3.05) is 7.05 Å².